The lowest BCUT2D eigenvalue weighted by Crippen LogP contribution is -2.25. The predicted octanol–water partition coefficient (Wildman–Crippen LogP) is 2.78. The highest BCUT2D eigenvalue weighted by atomic mass is 16.7. The van der Waals surface area contributed by atoms with Gasteiger partial charge in [0.15, 0.2) is 23.0 Å². The minimum absolute atomic E-state index is 0.154. The Hall–Kier alpha value is -3.19. The van der Waals surface area contributed by atoms with E-state index in [1.807, 2.05) is 24.3 Å². The van der Waals surface area contributed by atoms with E-state index in [-0.39, 0.29) is 19.3 Å². The van der Waals surface area contributed by atoms with E-state index >= 15 is 0 Å². The molecule has 4 rings (SSSR count). The van der Waals surface area contributed by atoms with Gasteiger partial charge in [-0.2, -0.15) is 0 Å². The zero-order valence-electron chi connectivity index (χ0n) is 16.4. The molecule has 0 bridgehead atoms. The molecule has 7 heteroatoms. The summed E-state index contributed by atoms with van der Waals surface area (Å²) < 4.78 is 27.5. The van der Waals surface area contributed by atoms with Crippen LogP contribution in [0.25, 0.3) is 6.08 Å². The van der Waals surface area contributed by atoms with Gasteiger partial charge >= 0.3 is 0 Å². The number of fused-ring (bicyclic) bond motifs is 2. The molecule has 1 aliphatic carbocycles. The van der Waals surface area contributed by atoms with Crippen molar-refractivity contribution in [3.05, 3.63) is 46.5 Å². The average Bonchev–Trinajstić information content (AvgIpc) is 3.22. The molecule has 1 heterocycles. The molecule has 0 spiro atoms. The molecule has 152 valence electrons. The monoisotopic (exact) mass is 398 g/mol. The zero-order chi connectivity index (χ0) is 20.5. The summed E-state index contributed by atoms with van der Waals surface area (Å²) in [6.45, 7) is -0.0411. The largest absolute Gasteiger partial charge is 0.493 e. The van der Waals surface area contributed by atoms with Crippen molar-refractivity contribution in [2.45, 2.75) is 5.92 Å². The Labute approximate surface area is 168 Å². The second-order valence-corrected chi connectivity index (χ2v) is 6.82. The highest BCUT2D eigenvalue weighted by Crippen LogP contribution is 2.49. The van der Waals surface area contributed by atoms with Crippen LogP contribution in [0.5, 0.6) is 28.7 Å². The summed E-state index contributed by atoms with van der Waals surface area (Å²) >= 11 is 0. The van der Waals surface area contributed by atoms with Crippen LogP contribution in [0.2, 0.25) is 0 Å². The maximum absolute atomic E-state index is 11.8. The molecule has 0 aromatic heterocycles. The summed E-state index contributed by atoms with van der Waals surface area (Å²) in [5.41, 5.74) is 3.11. The maximum atomic E-state index is 11.8. The molecule has 0 fully saturated rings. The lowest BCUT2D eigenvalue weighted by Gasteiger charge is -2.32. The van der Waals surface area contributed by atoms with Crippen LogP contribution in [0.1, 0.15) is 22.6 Å². The van der Waals surface area contributed by atoms with Crippen molar-refractivity contribution in [2.24, 2.45) is 5.92 Å². The summed E-state index contributed by atoms with van der Waals surface area (Å²) in [5.74, 6) is 2.02. The van der Waals surface area contributed by atoms with Gasteiger partial charge in [-0.25, -0.2) is 0 Å². The third kappa shape index (κ3) is 3.07. The van der Waals surface area contributed by atoms with Gasteiger partial charge in [0.25, 0.3) is 0 Å². The van der Waals surface area contributed by atoms with Gasteiger partial charge in [-0.15, -0.1) is 0 Å². The SMILES string of the molecule is COc1cc([C@@H]2c3cc4c(cc3C=C(C=O)[C@H]2CO)OCO4)cc(OC)c1OC. The van der Waals surface area contributed by atoms with Crippen molar-refractivity contribution in [3.8, 4) is 28.7 Å². The summed E-state index contributed by atoms with van der Waals surface area (Å²) in [6.07, 6.45) is 2.58. The van der Waals surface area contributed by atoms with Gasteiger partial charge in [0, 0.05) is 11.8 Å². The molecule has 2 aromatic carbocycles. The molecule has 29 heavy (non-hydrogen) atoms. The fourth-order valence-electron chi connectivity index (χ4n) is 4.09. The summed E-state index contributed by atoms with van der Waals surface area (Å²) in [5, 5.41) is 10.2. The van der Waals surface area contributed by atoms with E-state index in [0.717, 1.165) is 23.0 Å². The third-order valence-electron chi connectivity index (χ3n) is 5.44. The fourth-order valence-corrected chi connectivity index (χ4v) is 4.09. The first-order valence-corrected chi connectivity index (χ1v) is 9.16. The lowest BCUT2D eigenvalue weighted by atomic mass is 9.72. The molecule has 0 saturated carbocycles. The van der Waals surface area contributed by atoms with Crippen LogP contribution < -0.4 is 23.7 Å². The summed E-state index contributed by atoms with van der Waals surface area (Å²) in [4.78, 5) is 11.8. The van der Waals surface area contributed by atoms with E-state index in [4.69, 9.17) is 23.7 Å². The molecule has 0 unspecified atom stereocenters. The Balaban J connectivity index is 1.95. The zero-order valence-corrected chi connectivity index (χ0v) is 16.4. The number of rotatable bonds is 6. The van der Waals surface area contributed by atoms with E-state index < -0.39 is 5.92 Å². The molecule has 2 aliphatic rings. The number of carbonyl (C=O) groups excluding carboxylic acids is 1. The summed E-state index contributed by atoms with van der Waals surface area (Å²) in [6, 6.07) is 7.46. The molecule has 2 atom stereocenters. The molecule has 1 N–H and O–H groups in total. The van der Waals surface area contributed by atoms with Gasteiger partial charge in [-0.05, 0) is 52.6 Å². The molecule has 1 aliphatic heterocycles. The minimum atomic E-state index is -0.428. The van der Waals surface area contributed by atoms with Crippen LogP contribution in [0.3, 0.4) is 0 Å². The Kier molecular flexibility index (Phi) is 5.07. The van der Waals surface area contributed by atoms with Gasteiger partial charge in [0.05, 0.1) is 27.9 Å². The molecule has 0 radical (unpaired) electrons. The maximum Gasteiger partial charge on any atom is 0.231 e. The van der Waals surface area contributed by atoms with E-state index in [9.17, 15) is 9.90 Å². The highest BCUT2D eigenvalue weighted by molar-refractivity contribution is 5.86. The van der Waals surface area contributed by atoms with Crippen molar-refractivity contribution < 1.29 is 33.6 Å². The molecular formula is C22H22O7. The van der Waals surface area contributed by atoms with Crippen LogP contribution in [-0.4, -0.2) is 46.1 Å². The number of hydrogen-bond acceptors (Lipinski definition) is 7. The smallest absolute Gasteiger partial charge is 0.231 e. The number of aldehydes is 1. The molecule has 0 amide bonds. The van der Waals surface area contributed by atoms with E-state index in [0.29, 0.717) is 34.3 Å². The average molecular weight is 398 g/mol. The fraction of sp³-hybridized carbons (Fsp3) is 0.318. The van der Waals surface area contributed by atoms with Gasteiger partial charge in [-0.3, -0.25) is 4.79 Å². The third-order valence-corrected chi connectivity index (χ3v) is 5.44. The molecule has 2 aromatic rings. The van der Waals surface area contributed by atoms with Crippen molar-refractivity contribution >= 4 is 12.4 Å². The number of ether oxygens (including phenoxy) is 5. The number of hydrogen-bond donors (Lipinski definition) is 1. The van der Waals surface area contributed by atoms with E-state index in [1.54, 1.807) is 27.4 Å². The van der Waals surface area contributed by atoms with Crippen LogP contribution in [0.15, 0.2) is 29.8 Å². The standard InChI is InChI=1S/C22H22O7/c1-25-19-6-13(7-20(26-2)22(19)27-3)21-15-8-18-17(28-11-29-18)5-12(15)4-14(9-23)16(21)10-24/h4-9,16,21,24H,10-11H2,1-3H3/t16-,21-/m1/s1. The quantitative estimate of drug-likeness (QED) is 0.749. The topological polar surface area (TPSA) is 83.5 Å². The van der Waals surface area contributed by atoms with Crippen LogP contribution in [0.4, 0.5) is 0 Å². The Morgan fingerprint density at radius 2 is 1.69 bits per heavy atom. The van der Waals surface area contributed by atoms with Gasteiger partial charge in [-0.1, -0.05) is 0 Å². The normalized spacial score (nSPS) is 19.2. The first-order chi connectivity index (χ1) is 14.1. The van der Waals surface area contributed by atoms with Crippen molar-refractivity contribution in [1.29, 1.82) is 0 Å². The molecule has 0 saturated heterocycles. The number of aliphatic hydroxyl groups excluding tert-OH is 1. The number of aliphatic hydroxyl groups is 1. The van der Waals surface area contributed by atoms with Gasteiger partial charge < -0.3 is 28.8 Å². The van der Waals surface area contributed by atoms with Crippen LogP contribution in [-0.2, 0) is 4.79 Å². The number of carbonyl (C=O) groups is 1. The highest BCUT2D eigenvalue weighted by Gasteiger charge is 2.35. The Bertz CT molecular complexity index is 954. The predicted molar refractivity (Wildman–Crippen MR) is 105 cm³/mol. The van der Waals surface area contributed by atoms with Crippen LogP contribution in [0, 0.1) is 5.92 Å². The van der Waals surface area contributed by atoms with Crippen LogP contribution >= 0.6 is 0 Å². The van der Waals surface area contributed by atoms with Crippen molar-refractivity contribution in [1.82, 2.24) is 0 Å². The lowest BCUT2D eigenvalue weighted by molar-refractivity contribution is -0.105. The van der Waals surface area contributed by atoms with E-state index in [1.165, 1.54) is 0 Å². The minimum Gasteiger partial charge on any atom is -0.493 e. The van der Waals surface area contributed by atoms with Crippen molar-refractivity contribution in [3.63, 3.8) is 0 Å². The van der Waals surface area contributed by atoms with Gasteiger partial charge in [0.1, 0.15) is 6.29 Å². The Morgan fingerprint density at radius 1 is 1.03 bits per heavy atom. The number of methoxy groups -OCH3 is 3. The molecule has 7 nitrogen and oxygen atoms in total. The second kappa shape index (κ2) is 7.67. The van der Waals surface area contributed by atoms with Gasteiger partial charge in [0.2, 0.25) is 12.5 Å². The van der Waals surface area contributed by atoms with E-state index in [2.05, 4.69) is 0 Å². The molecular weight excluding hydrogens is 376 g/mol. The second-order valence-electron chi connectivity index (χ2n) is 6.82. The first-order valence-electron chi connectivity index (χ1n) is 9.16. The Morgan fingerprint density at radius 3 is 2.24 bits per heavy atom. The number of benzene rings is 2. The summed E-state index contributed by atoms with van der Waals surface area (Å²) in [7, 11) is 4.64. The first kappa shape index (κ1) is 19.1. The van der Waals surface area contributed by atoms with Crippen molar-refractivity contribution in [2.75, 3.05) is 34.7 Å².